The van der Waals surface area contributed by atoms with Crippen LogP contribution in [0, 0.1) is 5.82 Å². The van der Waals surface area contributed by atoms with Gasteiger partial charge in [0.1, 0.15) is 5.82 Å². The molecule has 0 radical (unpaired) electrons. The predicted octanol–water partition coefficient (Wildman–Crippen LogP) is 0.986. The van der Waals surface area contributed by atoms with Crippen molar-refractivity contribution >= 4 is 21.8 Å². The van der Waals surface area contributed by atoms with Gasteiger partial charge in [0.25, 0.3) is 5.56 Å². The zero-order valence-electron chi connectivity index (χ0n) is 10.4. The third-order valence-electron chi connectivity index (χ3n) is 3.27. The molecule has 3 aromatic rings. The van der Waals surface area contributed by atoms with Crippen molar-refractivity contribution in [3.8, 4) is 0 Å². The van der Waals surface area contributed by atoms with E-state index in [1.54, 1.807) is 17.8 Å². The number of hydrogen-bond acceptors (Lipinski definition) is 3. The number of fused-ring (bicyclic) bond motifs is 3. The summed E-state index contributed by atoms with van der Waals surface area (Å²) in [6.07, 6.45) is 1.54. The van der Waals surface area contributed by atoms with Gasteiger partial charge in [-0.1, -0.05) is 0 Å². The fourth-order valence-electron chi connectivity index (χ4n) is 2.45. The Kier molecular flexibility index (Phi) is 2.60. The van der Waals surface area contributed by atoms with E-state index >= 15 is 0 Å². The highest BCUT2D eigenvalue weighted by molar-refractivity contribution is 6.03. The Morgan fingerprint density at radius 1 is 1.37 bits per heavy atom. The van der Waals surface area contributed by atoms with E-state index in [9.17, 15) is 9.18 Å². The number of nitrogens with two attached hydrogens (primary N) is 1. The van der Waals surface area contributed by atoms with Gasteiger partial charge in [0.2, 0.25) is 0 Å². The first-order valence-electron chi connectivity index (χ1n) is 5.97. The van der Waals surface area contributed by atoms with Crippen LogP contribution in [0.2, 0.25) is 0 Å². The van der Waals surface area contributed by atoms with Crippen LogP contribution in [0.3, 0.4) is 0 Å². The third kappa shape index (κ3) is 1.64. The molecule has 2 heterocycles. The number of halogens is 1. The van der Waals surface area contributed by atoms with Gasteiger partial charge in [0.05, 0.1) is 22.6 Å². The summed E-state index contributed by atoms with van der Waals surface area (Å²) < 4.78 is 16.6. The molecule has 0 saturated carbocycles. The first kappa shape index (κ1) is 11.9. The quantitative estimate of drug-likeness (QED) is 0.747. The van der Waals surface area contributed by atoms with Crippen molar-refractivity contribution in [2.75, 3.05) is 6.54 Å². The minimum Gasteiger partial charge on any atom is -0.329 e. The van der Waals surface area contributed by atoms with E-state index in [1.807, 2.05) is 0 Å². The molecule has 0 aliphatic carbocycles. The van der Waals surface area contributed by atoms with E-state index in [1.165, 1.54) is 22.9 Å². The van der Waals surface area contributed by atoms with Crippen LogP contribution in [-0.4, -0.2) is 20.9 Å². The zero-order chi connectivity index (χ0) is 13.6. The highest BCUT2D eigenvalue weighted by Gasteiger charge is 2.14. The van der Waals surface area contributed by atoms with Crippen molar-refractivity contribution in [3.05, 3.63) is 40.6 Å². The normalized spacial score (nSPS) is 11.5. The second-order valence-electron chi connectivity index (χ2n) is 4.44. The highest BCUT2D eigenvalue weighted by atomic mass is 19.1. The number of hydrogen-bond donors (Lipinski definition) is 1. The number of nitrogens with zero attached hydrogens (tertiary/aromatic N) is 3. The number of benzene rings is 1. The summed E-state index contributed by atoms with van der Waals surface area (Å²) in [5.41, 5.74) is 6.61. The van der Waals surface area contributed by atoms with Crippen LogP contribution in [-0.2, 0) is 13.6 Å². The summed E-state index contributed by atoms with van der Waals surface area (Å²) in [7, 11) is 1.76. The molecule has 19 heavy (non-hydrogen) atoms. The van der Waals surface area contributed by atoms with Gasteiger partial charge in [0, 0.05) is 25.5 Å². The van der Waals surface area contributed by atoms with Gasteiger partial charge in [-0.15, -0.1) is 0 Å². The Morgan fingerprint density at radius 2 is 2.16 bits per heavy atom. The van der Waals surface area contributed by atoms with Gasteiger partial charge in [-0.2, -0.15) is 5.10 Å². The molecule has 0 saturated heterocycles. The zero-order valence-corrected chi connectivity index (χ0v) is 10.4. The SMILES string of the molecule is Cn1ncc2c(=O)n(CCN)c3cc(F)ccc3c21. The minimum absolute atomic E-state index is 0.188. The minimum atomic E-state index is -0.376. The lowest BCUT2D eigenvalue weighted by Gasteiger charge is -2.11. The maximum atomic E-state index is 13.4. The van der Waals surface area contributed by atoms with E-state index in [0.717, 1.165) is 5.39 Å². The Labute approximate surface area is 108 Å². The molecule has 0 amide bonds. The molecule has 2 N–H and O–H groups in total. The van der Waals surface area contributed by atoms with Crippen LogP contribution < -0.4 is 11.3 Å². The van der Waals surface area contributed by atoms with Crippen molar-refractivity contribution in [1.82, 2.24) is 14.3 Å². The summed E-state index contributed by atoms with van der Waals surface area (Å²) in [4.78, 5) is 12.4. The van der Waals surface area contributed by atoms with E-state index in [2.05, 4.69) is 5.10 Å². The maximum Gasteiger partial charge on any atom is 0.262 e. The van der Waals surface area contributed by atoms with Crippen LogP contribution in [0.4, 0.5) is 4.39 Å². The van der Waals surface area contributed by atoms with Crippen molar-refractivity contribution in [3.63, 3.8) is 0 Å². The van der Waals surface area contributed by atoms with Crippen LogP contribution in [0.1, 0.15) is 0 Å². The molecule has 0 aliphatic heterocycles. The van der Waals surface area contributed by atoms with Crippen molar-refractivity contribution in [1.29, 1.82) is 0 Å². The first-order chi connectivity index (χ1) is 9.13. The molecular weight excluding hydrogens is 247 g/mol. The van der Waals surface area contributed by atoms with Crippen molar-refractivity contribution < 1.29 is 4.39 Å². The molecule has 0 spiro atoms. The maximum absolute atomic E-state index is 13.4. The fraction of sp³-hybridized carbons (Fsp3) is 0.231. The van der Waals surface area contributed by atoms with Crippen molar-refractivity contribution in [2.45, 2.75) is 6.54 Å². The number of pyridine rings is 1. The summed E-state index contributed by atoms with van der Waals surface area (Å²) in [5, 5.41) is 5.43. The Balaban J connectivity index is 2.59. The first-order valence-corrected chi connectivity index (χ1v) is 5.97. The lowest BCUT2D eigenvalue weighted by molar-refractivity contribution is 0.626. The Bertz CT molecular complexity index is 834. The standard InChI is InChI=1S/C13H13FN4O/c1-17-12-9-3-2-8(14)6-11(9)18(5-4-15)13(19)10(12)7-16-17/h2-3,6-7H,4-5,15H2,1H3. The van der Waals surface area contributed by atoms with Crippen LogP contribution >= 0.6 is 0 Å². The third-order valence-corrected chi connectivity index (χ3v) is 3.27. The van der Waals surface area contributed by atoms with E-state index in [-0.39, 0.29) is 11.4 Å². The molecule has 2 aromatic heterocycles. The van der Waals surface area contributed by atoms with Gasteiger partial charge < -0.3 is 10.3 Å². The van der Waals surface area contributed by atoms with Crippen LogP contribution in [0.15, 0.2) is 29.2 Å². The number of aryl methyl sites for hydroxylation is 1. The lowest BCUT2D eigenvalue weighted by atomic mass is 10.1. The summed E-state index contributed by atoms with van der Waals surface area (Å²) in [5.74, 6) is -0.376. The molecular formula is C13H13FN4O. The highest BCUT2D eigenvalue weighted by Crippen LogP contribution is 2.22. The van der Waals surface area contributed by atoms with Gasteiger partial charge in [0.15, 0.2) is 0 Å². The molecule has 3 rings (SSSR count). The molecule has 0 bridgehead atoms. The number of rotatable bonds is 2. The second-order valence-corrected chi connectivity index (χ2v) is 4.44. The van der Waals surface area contributed by atoms with E-state index < -0.39 is 0 Å². The fourth-order valence-corrected chi connectivity index (χ4v) is 2.45. The van der Waals surface area contributed by atoms with E-state index in [0.29, 0.717) is 29.5 Å². The van der Waals surface area contributed by atoms with Gasteiger partial charge >= 0.3 is 0 Å². The molecule has 0 aliphatic rings. The van der Waals surface area contributed by atoms with Crippen molar-refractivity contribution in [2.24, 2.45) is 12.8 Å². The molecule has 6 heteroatoms. The summed E-state index contributed by atoms with van der Waals surface area (Å²) >= 11 is 0. The monoisotopic (exact) mass is 260 g/mol. The molecule has 0 atom stereocenters. The van der Waals surface area contributed by atoms with E-state index in [4.69, 9.17) is 5.73 Å². The molecule has 1 aromatic carbocycles. The smallest absolute Gasteiger partial charge is 0.262 e. The number of aromatic nitrogens is 3. The van der Waals surface area contributed by atoms with Gasteiger partial charge in [-0.25, -0.2) is 4.39 Å². The van der Waals surface area contributed by atoms with Crippen LogP contribution in [0.5, 0.6) is 0 Å². The predicted molar refractivity (Wildman–Crippen MR) is 71.5 cm³/mol. The molecule has 0 unspecified atom stereocenters. The van der Waals surface area contributed by atoms with Gasteiger partial charge in [-0.3, -0.25) is 9.48 Å². The average molecular weight is 260 g/mol. The largest absolute Gasteiger partial charge is 0.329 e. The van der Waals surface area contributed by atoms with Crippen LogP contribution in [0.25, 0.3) is 21.8 Å². The summed E-state index contributed by atoms with van der Waals surface area (Å²) in [6.45, 7) is 0.668. The molecule has 0 fully saturated rings. The van der Waals surface area contributed by atoms with Gasteiger partial charge in [-0.05, 0) is 18.2 Å². The Morgan fingerprint density at radius 3 is 2.89 bits per heavy atom. The topological polar surface area (TPSA) is 65.8 Å². The Hall–Kier alpha value is -2.21. The average Bonchev–Trinajstić information content (AvgIpc) is 2.77. The molecule has 98 valence electrons. The second kappa shape index (κ2) is 4.17. The summed E-state index contributed by atoms with van der Waals surface area (Å²) in [6, 6.07) is 4.41. The molecule has 5 nitrogen and oxygen atoms in total. The lowest BCUT2D eigenvalue weighted by Crippen LogP contribution is -2.24.